The number of ether oxygens (including phenoxy) is 1. The van der Waals surface area contributed by atoms with Gasteiger partial charge in [0.25, 0.3) is 0 Å². The molecule has 0 aliphatic heterocycles. The van der Waals surface area contributed by atoms with Crippen molar-refractivity contribution in [3.05, 3.63) is 39.4 Å². The molecule has 0 aromatic heterocycles. The summed E-state index contributed by atoms with van der Waals surface area (Å²) in [5.41, 5.74) is 5.47. The maximum atomic E-state index is 10.5. The molecule has 0 radical (unpaired) electrons. The molecule has 0 amide bonds. The van der Waals surface area contributed by atoms with Gasteiger partial charge in [-0.2, -0.15) is 0 Å². The minimum absolute atomic E-state index is 0.195. The van der Waals surface area contributed by atoms with Crippen molar-refractivity contribution in [2.24, 2.45) is 5.73 Å². The first-order valence-corrected chi connectivity index (χ1v) is 13.9. The molecular weight excluding hydrogens is 493 g/mol. The van der Waals surface area contributed by atoms with Gasteiger partial charge in [0.2, 0.25) is 0 Å². The van der Waals surface area contributed by atoms with Crippen LogP contribution < -0.4 is 10.5 Å². The van der Waals surface area contributed by atoms with Crippen molar-refractivity contribution in [2.75, 3.05) is 6.54 Å². The average molecular weight is 537 g/mol. The lowest BCUT2D eigenvalue weighted by Crippen LogP contribution is -2.22. The molecular formula is C27H44Cl3NO3. The van der Waals surface area contributed by atoms with Gasteiger partial charge >= 0.3 is 5.97 Å². The van der Waals surface area contributed by atoms with Crippen LogP contribution in [-0.2, 0) is 4.79 Å². The SMILES string of the molecule is CC(Oc1cc(Cl)c(Cl)cc1Cl)C(=O)O.CCCCCCCC/C=C\CCCCCCCCN. The Morgan fingerprint density at radius 1 is 0.853 bits per heavy atom. The Labute approximate surface area is 222 Å². The Kier molecular flexibility index (Phi) is 21.9. The largest absolute Gasteiger partial charge is 0.479 e. The van der Waals surface area contributed by atoms with Crippen molar-refractivity contribution in [3.8, 4) is 5.75 Å². The molecule has 1 atom stereocenters. The molecule has 0 aliphatic rings. The number of benzene rings is 1. The lowest BCUT2D eigenvalue weighted by Gasteiger charge is -2.12. The summed E-state index contributed by atoms with van der Waals surface area (Å²) in [6.45, 7) is 4.53. The highest BCUT2D eigenvalue weighted by atomic mass is 35.5. The highest BCUT2D eigenvalue weighted by molar-refractivity contribution is 6.43. The fourth-order valence-corrected chi connectivity index (χ4v) is 3.81. The molecule has 34 heavy (non-hydrogen) atoms. The lowest BCUT2D eigenvalue weighted by molar-refractivity contribution is -0.144. The first-order chi connectivity index (χ1) is 16.3. The predicted octanol–water partition coefficient (Wildman–Crippen LogP) is 9.48. The zero-order valence-electron chi connectivity index (χ0n) is 21.0. The molecule has 0 saturated heterocycles. The third-order valence-electron chi connectivity index (χ3n) is 5.34. The highest BCUT2D eigenvalue weighted by Crippen LogP contribution is 2.34. The van der Waals surface area contributed by atoms with Crippen LogP contribution in [-0.4, -0.2) is 23.7 Å². The monoisotopic (exact) mass is 535 g/mol. The molecule has 0 fully saturated rings. The highest BCUT2D eigenvalue weighted by Gasteiger charge is 2.15. The van der Waals surface area contributed by atoms with Gasteiger partial charge in [-0.15, -0.1) is 0 Å². The van der Waals surface area contributed by atoms with E-state index in [1.165, 1.54) is 109 Å². The number of aliphatic carboxylic acids is 1. The van der Waals surface area contributed by atoms with E-state index in [2.05, 4.69) is 19.1 Å². The summed E-state index contributed by atoms with van der Waals surface area (Å²) in [6.07, 6.45) is 22.9. The number of halogens is 3. The molecule has 1 aromatic rings. The van der Waals surface area contributed by atoms with Crippen molar-refractivity contribution in [3.63, 3.8) is 0 Å². The molecule has 1 unspecified atom stereocenters. The molecule has 3 N–H and O–H groups in total. The van der Waals surface area contributed by atoms with E-state index in [0.717, 1.165) is 6.54 Å². The molecule has 0 saturated carbocycles. The van der Waals surface area contributed by atoms with E-state index in [9.17, 15) is 4.79 Å². The Balaban J connectivity index is 0.000000657. The van der Waals surface area contributed by atoms with Crippen LogP contribution in [0.5, 0.6) is 5.75 Å². The number of carboxylic acids is 1. The van der Waals surface area contributed by atoms with Gasteiger partial charge in [-0.1, -0.05) is 112 Å². The molecule has 7 heteroatoms. The average Bonchev–Trinajstić information content (AvgIpc) is 2.80. The first-order valence-electron chi connectivity index (χ1n) is 12.7. The van der Waals surface area contributed by atoms with E-state index < -0.39 is 12.1 Å². The second kappa shape index (κ2) is 22.5. The van der Waals surface area contributed by atoms with Gasteiger partial charge in [-0.05, 0) is 51.6 Å². The number of allylic oxidation sites excluding steroid dienone is 2. The van der Waals surface area contributed by atoms with E-state index >= 15 is 0 Å². The standard InChI is InChI=1S/C18H37N.C9H7Cl3O3/c1-2-3-4-5-6-7-8-9-10-11-12-13-14-15-16-17-18-19;1-4(9(13)14)15-8-3-6(11)5(10)2-7(8)12/h9-10H,2-8,11-19H2,1H3;2-4H,1H3,(H,13,14)/b10-9-;. The van der Waals surface area contributed by atoms with Gasteiger partial charge in [-0.25, -0.2) is 4.79 Å². The number of hydrogen-bond donors (Lipinski definition) is 2. The fraction of sp³-hybridized carbons (Fsp3) is 0.667. The number of nitrogens with two attached hydrogens (primary N) is 1. The molecule has 0 aliphatic carbocycles. The van der Waals surface area contributed by atoms with E-state index in [1.54, 1.807) is 0 Å². The van der Waals surface area contributed by atoms with E-state index in [-0.39, 0.29) is 20.8 Å². The zero-order chi connectivity index (χ0) is 25.6. The van der Waals surface area contributed by atoms with Crippen LogP contribution >= 0.6 is 34.8 Å². The van der Waals surface area contributed by atoms with Crippen LogP contribution in [0.2, 0.25) is 15.1 Å². The van der Waals surface area contributed by atoms with Crippen LogP contribution in [0, 0.1) is 0 Å². The van der Waals surface area contributed by atoms with Crippen molar-refractivity contribution < 1.29 is 14.6 Å². The maximum absolute atomic E-state index is 10.5. The van der Waals surface area contributed by atoms with Crippen molar-refractivity contribution in [1.82, 2.24) is 0 Å². The van der Waals surface area contributed by atoms with Crippen molar-refractivity contribution in [1.29, 1.82) is 0 Å². The van der Waals surface area contributed by atoms with Gasteiger partial charge in [0.05, 0.1) is 15.1 Å². The van der Waals surface area contributed by atoms with Gasteiger partial charge in [-0.3, -0.25) is 0 Å². The van der Waals surface area contributed by atoms with Gasteiger partial charge < -0.3 is 15.6 Å². The third kappa shape index (κ3) is 18.4. The summed E-state index contributed by atoms with van der Waals surface area (Å²) in [5, 5.41) is 9.40. The van der Waals surface area contributed by atoms with Crippen molar-refractivity contribution in [2.45, 2.75) is 110 Å². The van der Waals surface area contributed by atoms with E-state index in [1.807, 2.05) is 0 Å². The molecule has 0 heterocycles. The number of hydrogen-bond acceptors (Lipinski definition) is 3. The van der Waals surface area contributed by atoms with Crippen LogP contribution in [0.25, 0.3) is 0 Å². The van der Waals surface area contributed by atoms with Crippen molar-refractivity contribution >= 4 is 40.8 Å². The molecule has 196 valence electrons. The van der Waals surface area contributed by atoms with Crippen LogP contribution in [0.4, 0.5) is 0 Å². The first kappa shape index (κ1) is 33.1. The topological polar surface area (TPSA) is 72.5 Å². The second-order valence-corrected chi connectivity index (χ2v) is 9.74. The number of carbonyl (C=O) groups is 1. The Morgan fingerprint density at radius 2 is 1.32 bits per heavy atom. The Morgan fingerprint density at radius 3 is 1.82 bits per heavy atom. The number of rotatable bonds is 18. The lowest BCUT2D eigenvalue weighted by atomic mass is 10.1. The zero-order valence-corrected chi connectivity index (χ0v) is 23.2. The van der Waals surface area contributed by atoms with Gasteiger partial charge in [0, 0.05) is 6.07 Å². The molecule has 1 aromatic carbocycles. The maximum Gasteiger partial charge on any atom is 0.344 e. The summed E-state index contributed by atoms with van der Waals surface area (Å²) in [5.74, 6) is -0.891. The quantitative estimate of drug-likeness (QED) is 0.111. The predicted molar refractivity (Wildman–Crippen MR) is 148 cm³/mol. The smallest absolute Gasteiger partial charge is 0.344 e. The molecule has 0 spiro atoms. The normalized spacial score (nSPS) is 11.8. The summed E-state index contributed by atoms with van der Waals surface area (Å²) < 4.78 is 5.07. The van der Waals surface area contributed by atoms with Crippen LogP contribution in [0.1, 0.15) is 104 Å². The second-order valence-electron chi connectivity index (χ2n) is 8.52. The van der Waals surface area contributed by atoms with E-state index in [4.69, 9.17) is 50.4 Å². The Hall–Kier alpha value is -0.940. The Bertz CT molecular complexity index is 683. The van der Waals surface area contributed by atoms with Crippen LogP contribution in [0.3, 0.4) is 0 Å². The molecule has 1 rings (SSSR count). The van der Waals surface area contributed by atoms with Gasteiger partial charge in [0.15, 0.2) is 6.10 Å². The summed E-state index contributed by atoms with van der Waals surface area (Å²) in [7, 11) is 0. The summed E-state index contributed by atoms with van der Waals surface area (Å²) >= 11 is 17.2. The minimum atomic E-state index is -1.09. The molecule has 4 nitrogen and oxygen atoms in total. The number of carboxylic acid groups (broad SMARTS) is 1. The van der Waals surface area contributed by atoms with Crippen LogP contribution in [0.15, 0.2) is 24.3 Å². The fourth-order valence-electron chi connectivity index (χ4n) is 3.23. The third-order valence-corrected chi connectivity index (χ3v) is 6.36. The minimum Gasteiger partial charge on any atom is -0.479 e. The summed E-state index contributed by atoms with van der Waals surface area (Å²) in [6, 6.07) is 2.78. The number of unbranched alkanes of at least 4 members (excludes halogenated alkanes) is 12. The van der Waals surface area contributed by atoms with Gasteiger partial charge in [0.1, 0.15) is 5.75 Å². The van der Waals surface area contributed by atoms with E-state index in [0.29, 0.717) is 0 Å². The molecule has 0 bridgehead atoms. The summed E-state index contributed by atoms with van der Waals surface area (Å²) in [4.78, 5) is 10.5.